The molecule has 3 rings (SSSR count). The molecule has 0 saturated carbocycles. The third kappa shape index (κ3) is 5.07. The molecule has 29 heavy (non-hydrogen) atoms. The number of carbonyl (C=O) groups is 1. The molecule has 0 spiro atoms. The largest absolute Gasteiger partial charge is 0.508 e. The first-order chi connectivity index (χ1) is 14.0. The average Bonchev–Trinajstić information content (AvgIpc) is 2.73. The molecule has 7 nitrogen and oxygen atoms in total. The number of aryl methyl sites for hydroxylation is 1. The van der Waals surface area contributed by atoms with Crippen molar-refractivity contribution in [3.8, 4) is 17.2 Å². The molecule has 2 aromatic carbocycles. The summed E-state index contributed by atoms with van der Waals surface area (Å²) in [6, 6.07) is 11.6. The standard InChI is InChI=1S/C22H22O7/c1-14-19(23)10-9-18-15(12-21(25)29-22(14)18)13-28-20(24)4-3-11-27-17-7-5-16(26-2)6-8-17/h5-10,12,23H,3-4,11,13H2,1-2H3. The minimum atomic E-state index is -0.565. The van der Waals surface area contributed by atoms with E-state index in [4.69, 9.17) is 18.6 Å². The van der Waals surface area contributed by atoms with Crippen LogP contribution in [0.5, 0.6) is 17.2 Å². The van der Waals surface area contributed by atoms with Crippen LogP contribution in [0.3, 0.4) is 0 Å². The van der Waals surface area contributed by atoms with Gasteiger partial charge in [0.25, 0.3) is 0 Å². The number of aromatic hydroxyl groups is 1. The molecule has 0 atom stereocenters. The third-order valence-electron chi connectivity index (χ3n) is 4.46. The van der Waals surface area contributed by atoms with Gasteiger partial charge < -0.3 is 23.7 Å². The summed E-state index contributed by atoms with van der Waals surface area (Å²) in [6.07, 6.45) is 0.685. The van der Waals surface area contributed by atoms with E-state index in [2.05, 4.69) is 0 Å². The fraction of sp³-hybridized carbons (Fsp3) is 0.273. The topological polar surface area (TPSA) is 95.2 Å². The predicted octanol–water partition coefficient (Wildman–Crippen LogP) is 3.72. The zero-order valence-corrected chi connectivity index (χ0v) is 16.3. The Morgan fingerprint density at radius 3 is 2.55 bits per heavy atom. The van der Waals surface area contributed by atoms with Gasteiger partial charge in [-0.2, -0.15) is 0 Å². The quantitative estimate of drug-likeness (QED) is 0.351. The zero-order valence-electron chi connectivity index (χ0n) is 16.3. The summed E-state index contributed by atoms with van der Waals surface area (Å²) in [5.74, 6) is 1.08. The van der Waals surface area contributed by atoms with E-state index < -0.39 is 5.63 Å². The first kappa shape index (κ1) is 20.3. The lowest BCUT2D eigenvalue weighted by Crippen LogP contribution is -2.09. The van der Waals surface area contributed by atoms with Crippen LogP contribution < -0.4 is 15.1 Å². The number of hydrogen-bond acceptors (Lipinski definition) is 7. The SMILES string of the molecule is COc1ccc(OCCCC(=O)OCc2cc(=O)oc3c(C)c(O)ccc23)cc1. The summed E-state index contributed by atoms with van der Waals surface area (Å²) in [6.45, 7) is 1.97. The second-order valence-corrected chi connectivity index (χ2v) is 6.47. The summed E-state index contributed by atoms with van der Waals surface area (Å²) in [4.78, 5) is 23.8. The molecule has 0 aliphatic carbocycles. The van der Waals surface area contributed by atoms with Crippen molar-refractivity contribution in [2.24, 2.45) is 0 Å². The molecule has 0 bridgehead atoms. The number of rotatable bonds is 8. The maximum absolute atomic E-state index is 12.0. The van der Waals surface area contributed by atoms with Crippen LogP contribution in [0.25, 0.3) is 11.0 Å². The molecule has 0 aliphatic heterocycles. The normalized spacial score (nSPS) is 10.7. The van der Waals surface area contributed by atoms with E-state index in [0.717, 1.165) is 5.75 Å². The summed E-state index contributed by atoms with van der Waals surface area (Å²) in [7, 11) is 1.59. The van der Waals surface area contributed by atoms with Gasteiger partial charge >= 0.3 is 11.6 Å². The van der Waals surface area contributed by atoms with Crippen molar-refractivity contribution in [3.05, 3.63) is 64.0 Å². The summed E-state index contributed by atoms with van der Waals surface area (Å²) in [5, 5.41) is 10.4. The van der Waals surface area contributed by atoms with Crippen LogP contribution in [-0.4, -0.2) is 24.8 Å². The van der Waals surface area contributed by atoms with E-state index >= 15 is 0 Å². The Bertz CT molecular complexity index is 1050. The lowest BCUT2D eigenvalue weighted by atomic mass is 10.1. The fourth-order valence-electron chi connectivity index (χ4n) is 2.84. The van der Waals surface area contributed by atoms with E-state index in [-0.39, 0.29) is 30.3 Å². The lowest BCUT2D eigenvalue weighted by molar-refractivity contribution is -0.145. The number of fused-ring (bicyclic) bond motifs is 1. The Balaban J connectivity index is 1.51. The minimum Gasteiger partial charge on any atom is -0.508 e. The van der Waals surface area contributed by atoms with Crippen LogP contribution in [0.2, 0.25) is 0 Å². The number of ether oxygens (including phenoxy) is 3. The molecule has 152 valence electrons. The molecule has 0 unspecified atom stereocenters. The second-order valence-electron chi connectivity index (χ2n) is 6.47. The van der Waals surface area contributed by atoms with Gasteiger partial charge in [-0.3, -0.25) is 4.79 Å². The van der Waals surface area contributed by atoms with Gasteiger partial charge in [0.2, 0.25) is 0 Å². The van der Waals surface area contributed by atoms with Gasteiger partial charge in [-0.15, -0.1) is 0 Å². The first-order valence-electron chi connectivity index (χ1n) is 9.15. The zero-order chi connectivity index (χ0) is 20.8. The van der Waals surface area contributed by atoms with E-state index in [1.807, 2.05) is 0 Å². The van der Waals surface area contributed by atoms with Crippen LogP contribution >= 0.6 is 0 Å². The number of phenols is 1. The smallest absolute Gasteiger partial charge is 0.336 e. The lowest BCUT2D eigenvalue weighted by Gasteiger charge is -2.10. The number of phenolic OH excluding ortho intramolecular Hbond substituents is 1. The van der Waals surface area contributed by atoms with Crippen molar-refractivity contribution in [3.63, 3.8) is 0 Å². The average molecular weight is 398 g/mol. The highest BCUT2D eigenvalue weighted by Gasteiger charge is 2.12. The molecule has 0 amide bonds. The van der Waals surface area contributed by atoms with Gasteiger partial charge in [-0.05, 0) is 49.7 Å². The van der Waals surface area contributed by atoms with E-state index in [1.165, 1.54) is 12.1 Å². The molecule has 1 heterocycles. The van der Waals surface area contributed by atoms with Crippen LogP contribution in [0.4, 0.5) is 0 Å². The van der Waals surface area contributed by atoms with Gasteiger partial charge in [0.05, 0.1) is 13.7 Å². The van der Waals surface area contributed by atoms with Crippen LogP contribution in [0.15, 0.2) is 51.7 Å². The second kappa shape index (κ2) is 9.14. The highest BCUT2D eigenvalue weighted by atomic mass is 16.5. The molecule has 1 N–H and O–H groups in total. The molecule has 1 aromatic heterocycles. The molecule has 7 heteroatoms. The third-order valence-corrected chi connectivity index (χ3v) is 4.46. The Morgan fingerprint density at radius 1 is 1.10 bits per heavy atom. The number of carbonyl (C=O) groups excluding carboxylic acids is 1. The molecule has 0 saturated heterocycles. The molecule has 0 aliphatic rings. The first-order valence-corrected chi connectivity index (χ1v) is 9.15. The summed E-state index contributed by atoms with van der Waals surface area (Å²) in [5.41, 5.74) is 0.715. The van der Waals surface area contributed by atoms with Crippen LogP contribution in [0, 0.1) is 6.92 Å². The predicted molar refractivity (Wildman–Crippen MR) is 106 cm³/mol. The maximum Gasteiger partial charge on any atom is 0.336 e. The summed E-state index contributed by atoms with van der Waals surface area (Å²) < 4.78 is 21.1. The van der Waals surface area contributed by atoms with Crippen LogP contribution in [-0.2, 0) is 16.1 Å². The van der Waals surface area contributed by atoms with E-state index in [0.29, 0.717) is 35.3 Å². The van der Waals surface area contributed by atoms with Crippen molar-refractivity contribution in [1.29, 1.82) is 0 Å². The van der Waals surface area contributed by atoms with Gasteiger partial charge in [0.1, 0.15) is 29.4 Å². The van der Waals surface area contributed by atoms with Gasteiger partial charge in [0.15, 0.2) is 0 Å². The number of methoxy groups -OCH3 is 1. The highest BCUT2D eigenvalue weighted by molar-refractivity contribution is 5.85. The molecular weight excluding hydrogens is 376 g/mol. The van der Waals surface area contributed by atoms with Crippen molar-refractivity contribution < 1.29 is 28.5 Å². The Labute approximate surface area is 167 Å². The molecule has 3 aromatic rings. The van der Waals surface area contributed by atoms with Gasteiger partial charge in [-0.1, -0.05) is 0 Å². The number of benzene rings is 2. The van der Waals surface area contributed by atoms with E-state index in [1.54, 1.807) is 44.4 Å². The number of hydrogen-bond donors (Lipinski definition) is 1. The Hall–Kier alpha value is -3.48. The van der Waals surface area contributed by atoms with Crippen LogP contribution in [0.1, 0.15) is 24.0 Å². The minimum absolute atomic E-state index is 0.0339. The van der Waals surface area contributed by atoms with E-state index in [9.17, 15) is 14.7 Å². The maximum atomic E-state index is 12.0. The van der Waals surface area contributed by atoms with Crippen molar-refractivity contribution in [2.75, 3.05) is 13.7 Å². The van der Waals surface area contributed by atoms with Crippen molar-refractivity contribution >= 4 is 16.9 Å². The van der Waals surface area contributed by atoms with Crippen molar-refractivity contribution in [2.45, 2.75) is 26.4 Å². The molecular formula is C22H22O7. The molecule has 0 radical (unpaired) electrons. The monoisotopic (exact) mass is 398 g/mol. The Morgan fingerprint density at radius 2 is 1.83 bits per heavy atom. The fourth-order valence-corrected chi connectivity index (χ4v) is 2.84. The van der Waals surface area contributed by atoms with Crippen molar-refractivity contribution in [1.82, 2.24) is 0 Å². The van der Waals surface area contributed by atoms with Gasteiger partial charge in [-0.25, -0.2) is 4.79 Å². The molecule has 0 fully saturated rings. The summed E-state index contributed by atoms with van der Waals surface area (Å²) >= 11 is 0. The Kier molecular flexibility index (Phi) is 6.39. The number of esters is 1. The highest BCUT2D eigenvalue weighted by Crippen LogP contribution is 2.27. The van der Waals surface area contributed by atoms with Gasteiger partial charge in [0, 0.05) is 29.0 Å².